The average Bonchev–Trinajstić information content (AvgIpc) is 3.05. The summed E-state index contributed by atoms with van der Waals surface area (Å²) in [6.45, 7) is 3.35. The third kappa shape index (κ3) is 4.34. The number of hydrogen-bond donors (Lipinski definition) is 0. The molecule has 0 aliphatic carbocycles. The Hall–Kier alpha value is -2.06. The van der Waals surface area contributed by atoms with E-state index in [4.69, 9.17) is 11.6 Å². The summed E-state index contributed by atoms with van der Waals surface area (Å²) in [5.41, 5.74) is 3.87. The normalized spacial score (nSPS) is 11.8. The number of aromatic nitrogens is 2. The van der Waals surface area contributed by atoms with Gasteiger partial charge in [-0.2, -0.15) is 4.57 Å². The monoisotopic (exact) mass is 421 g/mol. The second-order valence-electron chi connectivity index (χ2n) is 8.66. The maximum Gasteiger partial charge on any atom is 0.213 e. The lowest BCUT2D eigenvalue weighted by atomic mass is 10.1. The van der Waals surface area contributed by atoms with Crippen molar-refractivity contribution in [2.24, 2.45) is 7.05 Å². The van der Waals surface area contributed by atoms with E-state index in [-0.39, 0.29) is 0 Å². The van der Waals surface area contributed by atoms with Gasteiger partial charge in [0.05, 0.1) is 5.39 Å². The van der Waals surface area contributed by atoms with E-state index in [1.165, 1.54) is 90.5 Å². The first kappa shape index (κ1) is 21.2. The molecular formula is C27H34ClN2+. The number of pyridine rings is 1. The topological polar surface area (TPSA) is 8.81 Å². The summed E-state index contributed by atoms with van der Waals surface area (Å²) in [4.78, 5) is 0. The second-order valence-corrected chi connectivity index (χ2v) is 9.10. The minimum absolute atomic E-state index is 0.807. The van der Waals surface area contributed by atoms with Crippen LogP contribution in [0.3, 0.4) is 0 Å². The van der Waals surface area contributed by atoms with Gasteiger partial charge in [-0.25, -0.2) is 0 Å². The number of benzene rings is 2. The van der Waals surface area contributed by atoms with E-state index in [0.717, 1.165) is 11.6 Å². The Morgan fingerprint density at radius 2 is 1.50 bits per heavy atom. The Morgan fingerprint density at radius 1 is 0.800 bits per heavy atom. The summed E-state index contributed by atoms with van der Waals surface area (Å²) in [7, 11) is 2.15. The van der Waals surface area contributed by atoms with E-state index in [0.29, 0.717) is 0 Å². The van der Waals surface area contributed by atoms with Crippen LogP contribution in [0.1, 0.15) is 64.7 Å². The number of fused-ring (bicyclic) bond motifs is 5. The highest BCUT2D eigenvalue weighted by atomic mass is 35.5. The van der Waals surface area contributed by atoms with Crippen LogP contribution < -0.4 is 4.57 Å². The molecule has 0 unspecified atom stereocenters. The van der Waals surface area contributed by atoms with Gasteiger partial charge < -0.3 is 4.57 Å². The molecule has 2 heterocycles. The fraction of sp³-hybridized carbons (Fsp3) is 0.444. The molecule has 0 aliphatic heterocycles. The van der Waals surface area contributed by atoms with Gasteiger partial charge in [0.2, 0.25) is 5.52 Å². The van der Waals surface area contributed by atoms with E-state index in [2.05, 4.69) is 65.7 Å². The van der Waals surface area contributed by atoms with E-state index in [9.17, 15) is 0 Å². The number of hydrogen-bond acceptors (Lipinski definition) is 0. The van der Waals surface area contributed by atoms with Gasteiger partial charge >= 0.3 is 0 Å². The van der Waals surface area contributed by atoms with Crippen LogP contribution in [0.25, 0.3) is 32.7 Å². The van der Waals surface area contributed by atoms with Crippen molar-refractivity contribution in [3.8, 4) is 0 Å². The second kappa shape index (κ2) is 9.83. The van der Waals surface area contributed by atoms with Crippen LogP contribution in [0.4, 0.5) is 0 Å². The molecule has 0 atom stereocenters. The van der Waals surface area contributed by atoms with Gasteiger partial charge in [-0.15, -0.1) is 0 Å². The molecule has 0 saturated carbocycles. The van der Waals surface area contributed by atoms with Crippen molar-refractivity contribution in [1.29, 1.82) is 0 Å². The molecule has 2 aromatic heterocycles. The summed E-state index contributed by atoms with van der Waals surface area (Å²) < 4.78 is 4.76. The fourth-order valence-corrected chi connectivity index (χ4v) is 5.00. The number of nitrogens with zero attached hydrogens (tertiary/aromatic N) is 2. The molecule has 158 valence electrons. The Labute approximate surface area is 185 Å². The molecule has 0 bridgehead atoms. The van der Waals surface area contributed by atoms with Crippen molar-refractivity contribution in [3.63, 3.8) is 0 Å². The lowest BCUT2D eigenvalue weighted by molar-refractivity contribution is -0.643. The Balaban J connectivity index is 1.57. The van der Waals surface area contributed by atoms with Crippen molar-refractivity contribution >= 4 is 44.3 Å². The molecule has 0 fully saturated rings. The van der Waals surface area contributed by atoms with Gasteiger partial charge in [0.25, 0.3) is 0 Å². The number of aryl methyl sites for hydroxylation is 2. The predicted molar refractivity (Wildman–Crippen MR) is 130 cm³/mol. The zero-order valence-corrected chi connectivity index (χ0v) is 19.2. The number of unbranched alkanes of at least 4 members (excludes halogenated alkanes) is 8. The van der Waals surface area contributed by atoms with Crippen LogP contribution in [-0.2, 0) is 13.6 Å². The highest BCUT2D eigenvalue weighted by Crippen LogP contribution is 2.35. The van der Waals surface area contributed by atoms with Crippen molar-refractivity contribution in [2.75, 3.05) is 0 Å². The Morgan fingerprint density at radius 3 is 2.27 bits per heavy atom. The molecule has 0 N–H and O–H groups in total. The van der Waals surface area contributed by atoms with Crippen LogP contribution in [0.2, 0.25) is 5.02 Å². The van der Waals surface area contributed by atoms with Gasteiger partial charge in [0.15, 0.2) is 6.20 Å². The lowest BCUT2D eigenvalue weighted by Crippen LogP contribution is -2.28. The van der Waals surface area contributed by atoms with Gasteiger partial charge in [0.1, 0.15) is 12.6 Å². The highest BCUT2D eigenvalue weighted by Gasteiger charge is 2.18. The van der Waals surface area contributed by atoms with Gasteiger partial charge in [0, 0.05) is 33.9 Å². The van der Waals surface area contributed by atoms with E-state index >= 15 is 0 Å². The lowest BCUT2D eigenvalue weighted by Gasteiger charge is -2.08. The van der Waals surface area contributed by atoms with Crippen LogP contribution in [0.5, 0.6) is 0 Å². The highest BCUT2D eigenvalue weighted by molar-refractivity contribution is 6.32. The van der Waals surface area contributed by atoms with Crippen molar-refractivity contribution in [2.45, 2.75) is 71.3 Å². The summed E-state index contributed by atoms with van der Waals surface area (Å²) >= 11 is 6.40. The maximum atomic E-state index is 6.40. The SMILES string of the molecule is CCCCCCCCCCCn1c2ccc(Cl)cc2c2c3ccccc3[n+](C)cc21. The standard InChI is InChI=1S/C27H34ClN2/c1-3-4-5-6-7-8-9-10-13-18-30-25-17-16-21(28)19-23(25)27-22-14-11-12-15-24(22)29(2)20-26(27)30/h11-12,14-17,19-20H,3-10,13,18H2,1-2H3/q+1. The van der Waals surface area contributed by atoms with Crippen LogP contribution in [-0.4, -0.2) is 4.57 Å². The molecule has 30 heavy (non-hydrogen) atoms. The third-order valence-electron chi connectivity index (χ3n) is 6.42. The molecule has 4 rings (SSSR count). The Kier molecular flexibility index (Phi) is 6.94. The third-order valence-corrected chi connectivity index (χ3v) is 6.66. The minimum atomic E-state index is 0.807. The molecule has 0 amide bonds. The predicted octanol–water partition coefficient (Wildman–Crippen LogP) is 7.96. The molecule has 0 radical (unpaired) electrons. The van der Waals surface area contributed by atoms with Crippen LogP contribution in [0.15, 0.2) is 48.7 Å². The Bertz CT molecular complexity index is 1140. The molecule has 0 aliphatic rings. The maximum absolute atomic E-state index is 6.40. The van der Waals surface area contributed by atoms with E-state index in [1.54, 1.807) is 0 Å². The van der Waals surface area contributed by atoms with E-state index < -0.39 is 0 Å². The first-order chi connectivity index (χ1) is 14.7. The quantitative estimate of drug-likeness (QED) is 0.181. The molecule has 3 heteroatoms. The number of para-hydroxylation sites is 1. The molecule has 0 saturated heterocycles. The first-order valence-electron chi connectivity index (χ1n) is 11.7. The number of halogens is 1. The summed E-state index contributed by atoms with van der Waals surface area (Å²) in [5.74, 6) is 0. The van der Waals surface area contributed by atoms with Gasteiger partial charge in [-0.3, -0.25) is 0 Å². The largest absolute Gasteiger partial charge is 0.336 e. The zero-order valence-electron chi connectivity index (χ0n) is 18.5. The molecule has 0 spiro atoms. The van der Waals surface area contributed by atoms with Crippen LogP contribution >= 0.6 is 11.6 Å². The molecule has 2 aromatic carbocycles. The summed E-state index contributed by atoms with van der Waals surface area (Å²) in [6.07, 6.45) is 14.5. The summed E-state index contributed by atoms with van der Waals surface area (Å²) in [6, 6.07) is 15.0. The smallest absolute Gasteiger partial charge is 0.213 e. The van der Waals surface area contributed by atoms with Crippen molar-refractivity contribution < 1.29 is 4.57 Å². The van der Waals surface area contributed by atoms with Crippen molar-refractivity contribution in [3.05, 3.63) is 53.7 Å². The molecule has 2 nitrogen and oxygen atoms in total. The van der Waals surface area contributed by atoms with E-state index in [1.807, 2.05) is 6.07 Å². The van der Waals surface area contributed by atoms with Crippen molar-refractivity contribution in [1.82, 2.24) is 4.57 Å². The first-order valence-corrected chi connectivity index (χ1v) is 12.1. The van der Waals surface area contributed by atoms with Gasteiger partial charge in [-0.1, -0.05) is 82.0 Å². The summed E-state index contributed by atoms with van der Waals surface area (Å²) in [5, 5.41) is 4.71. The minimum Gasteiger partial charge on any atom is -0.336 e. The average molecular weight is 422 g/mol. The fourth-order valence-electron chi connectivity index (χ4n) is 4.83. The number of rotatable bonds is 10. The van der Waals surface area contributed by atoms with Crippen LogP contribution in [0, 0.1) is 0 Å². The molecular weight excluding hydrogens is 388 g/mol. The molecule has 4 aromatic rings. The zero-order chi connectivity index (χ0) is 20.9. The van der Waals surface area contributed by atoms with Gasteiger partial charge in [-0.05, 0) is 30.7 Å².